The van der Waals surface area contributed by atoms with Crippen molar-refractivity contribution in [3.63, 3.8) is 0 Å². The smallest absolute Gasteiger partial charge is 0.266 e. The summed E-state index contributed by atoms with van der Waals surface area (Å²) in [6, 6.07) is 12.8. The van der Waals surface area contributed by atoms with Crippen molar-refractivity contribution in [1.29, 1.82) is 0 Å². The van der Waals surface area contributed by atoms with Gasteiger partial charge in [-0.3, -0.25) is 10.2 Å². The van der Waals surface area contributed by atoms with Gasteiger partial charge in [0.05, 0.1) is 4.90 Å². The van der Waals surface area contributed by atoms with Crippen LogP contribution in [0.25, 0.3) is 0 Å². The maximum Gasteiger partial charge on any atom is 0.266 e. The second kappa shape index (κ2) is 7.79. The van der Waals surface area contributed by atoms with Gasteiger partial charge in [0.25, 0.3) is 15.9 Å². The van der Waals surface area contributed by atoms with Crippen molar-refractivity contribution >= 4 is 27.5 Å². The summed E-state index contributed by atoms with van der Waals surface area (Å²) >= 11 is 5.81. The van der Waals surface area contributed by atoms with Crippen LogP contribution < -0.4 is 10.3 Å². The number of halogens is 1. The van der Waals surface area contributed by atoms with Crippen LogP contribution in [0.2, 0.25) is 5.02 Å². The van der Waals surface area contributed by atoms with Gasteiger partial charge in [-0.25, -0.2) is 8.42 Å². The number of hydrogen-bond acceptors (Lipinski definition) is 3. The SMILES string of the molecule is CC[C@@H](C)c1ccc(S(=O)(=O)NNC(=O)c2cccc(Cl)c2)cc1. The Balaban J connectivity index is 2.07. The standard InChI is InChI=1S/C17H19ClN2O3S/c1-3-12(2)13-7-9-16(10-8-13)24(22,23)20-19-17(21)14-5-4-6-15(18)11-14/h4-12,20H,3H2,1-2H3,(H,19,21)/t12-/m1/s1. The Kier molecular flexibility index (Phi) is 5.99. The van der Waals surface area contributed by atoms with Crippen LogP contribution in [0.5, 0.6) is 0 Å². The highest BCUT2D eigenvalue weighted by molar-refractivity contribution is 7.89. The topological polar surface area (TPSA) is 75.3 Å². The Bertz CT molecular complexity index is 820. The van der Waals surface area contributed by atoms with Crippen molar-refractivity contribution in [1.82, 2.24) is 10.3 Å². The zero-order chi connectivity index (χ0) is 17.7. The third-order valence-corrected chi connectivity index (χ3v) is 5.26. The molecule has 1 amide bonds. The number of carbonyl (C=O) groups is 1. The highest BCUT2D eigenvalue weighted by Gasteiger charge is 2.16. The van der Waals surface area contributed by atoms with Gasteiger partial charge >= 0.3 is 0 Å². The molecular formula is C17H19ClN2O3S. The summed E-state index contributed by atoms with van der Waals surface area (Å²) in [6.07, 6.45) is 0.972. The van der Waals surface area contributed by atoms with E-state index in [-0.39, 0.29) is 10.5 Å². The summed E-state index contributed by atoms with van der Waals surface area (Å²) in [5, 5.41) is 0.395. The lowest BCUT2D eigenvalue weighted by Gasteiger charge is -2.11. The van der Waals surface area contributed by atoms with Gasteiger partial charge in [0.2, 0.25) is 0 Å². The van der Waals surface area contributed by atoms with E-state index in [1.165, 1.54) is 24.3 Å². The molecule has 2 aromatic rings. The lowest BCUT2D eigenvalue weighted by Crippen LogP contribution is -2.41. The molecular weight excluding hydrogens is 348 g/mol. The monoisotopic (exact) mass is 366 g/mol. The number of hydrazine groups is 1. The molecule has 0 aliphatic heterocycles. The van der Waals surface area contributed by atoms with Gasteiger partial charge in [0.15, 0.2) is 0 Å². The molecule has 0 radical (unpaired) electrons. The van der Waals surface area contributed by atoms with Crippen LogP contribution in [0, 0.1) is 0 Å². The average Bonchev–Trinajstić information content (AvgIpc) is 2.59. The molecule has 2 N–H and O–H groups in total. The number of hydrogen-bond donors (Lipinski definition) is 2. The highest BCUT2D eigenvalue weighted by Crippen LogP contribution is 2.20. The quantitative estimate of drug-likeness (QED) is 0.768. The Morgan fingerprint density at radius 1 is 1.17 bits per heavy atom. The van der Waals surface area contributed by atoms with E-state index >= 15 is 0 Å². The predicted molar refractivity (Wildman–Crippen MR) is 94.4 cm³/mol. The van der Waals surface area contributed by atoms with Crippen molar-refractivity contribution in [3.05, 3.63) is 64.7 Å². The Morgan fingerprint density at radius 2 is 1.83 bits per heavy atom. The number of carbonyl (C=O) groups excluding carboxylic acids is 1. The van der Waals surface area contributed by atoms with Crippen molar-refractivity contribution in [2.24, 2.45) is 0 Å². The van der Waals surface area contributed by atoms with Crippen LogP contribution in [0.1, 0.15) is 42.1 Å². The Labute approximate surface area is 147 Å². The zero-order valence-electron chi connectivity index (χ0n) is 13.4. The summed E-state index contributed by atoms with van der Waals surface area (Å²) in [5.74, 6) is -0.227. The summed E-state index contributed by atoms with van der Waals surface area (Å²) in [6.45, 7) is 4.15. The minimum Gasteiger partial charge on any atom is -0.273 e. The highest BCUT2D eigenvalue weighted by atomic mass is 35.5. The lowest BCUT2D eigenvalue weighted by molar-refractivity contribution is 0.0945. The fraction of sp³-hybridized carbons (Fsp3) is 0.235. The van der Waals surface area contributed by atoms with E-state index in [0.29, 0.717) is 10.9 Å². The number of amides is 1. The molecule has 2 aromatic carbocycles. The second-order valence-electron chi connectivity index (χ2n) is 5.45. The van der Waals surface area contributed by atoms with Gasteiger partial charge < -0.3 is 0 Å². The molecule has 5 nitrogen and oxygen atoms in total. The molecule has 0 aliphatic carbocycles. The molecule has 2 rings (SSSR count). The normalized spacial score (nSPS) is 12.6. The molecule has 0 spiro atoms. The second-order valence-corrected chi connectivity index (χ2v) is 7.57. The van der Waals surface area contributed by atoms with Gasteiger partial charge in [0.1, 0.15) is 0 Å². The largest absolute Gasteiger partial charge is 0.273 e. The molecule has 0 unspecified atom stereocenters. The van der Waals surface area contributed by atoms with Gasteiger partial charge in [-0.15, -0.1) is 4.83 Å². The van der Waals surface area contributed by atoms with E-state index in [4.69, 9.17) is 11.6 Å². The van der Waals surface area contributed by atoms with Gasteiger partial charge in [-0.2, -0.15) is 0 Å². The Hall–Kier alpha value is -1.89. The molecule has 24 heavy (non-hydrogen) atoms. The van der Waals surface area contributed by atoms with Crippen LogP contribution in [-0.2, 0) is 10.0 Å². The number of nitrogens with one attached hydrogen (secondary N) is 2. The van der Waals surface area contributed by atoms with Gasteiger partial charge in [0, 0.05) is 10.6 Å². The van der Waals surface area contributed by atoms with Crippen LogP contribution in [-0.4, -0.2) is 14.3 Å². The van der Waals surface area contributed by atoms with E-state index < -0.39 is 15.9 Å². The third-order valence-electron chi connectivity index (χ3n) is 3.76. The van der Waals surface area contributed by atoms with Crippen molar-refractivity contribution in [2.45, 2.75) is 31.1 Å². The van der Waals surface area contributed by atoms with Crippen LogP contribution in [0.15, 0.2) is 53.4 Å². The summed E-state index contributed by atoms with van der Waals surface area (Å²) in [5.41, 5.74) is 3.51. The number of rotatable bonds is 6. The molecule has 0 aliphatic rings. The van der Waals surface area contributed by atoms with Crippen molar-refractivity contribution in [2.75, 3.05) is 0 Å². The van der Waals surface area contributed by atoms with Crippen LogP contribution in [0.4, 0.5) is 0 Å². The molecule has 7 heteroatoms. The summed E-state index contributed by atoms with van der Waals surface area (Å²) < 4.78 is 24.5. The zero-order valence-corrected chi connectivity index (χ0v) is 15.0. The first-order valence-corrected chi connectivity index (χ1v) is 9.37. The summed E-state index contributed by atoms with van der Waals surface area (Å²) in [4.78, 5) is 14.1. The molecule has 0 saturated heterocycles. The maximum atomic E-state index is 12.2. The predicted octanol–water partition coefficient (Wildman–Crippen LogP) is 3.48. The van der Waals surface area contributed by atoms with Gasteiger partial charge in [-0.05, 0) is 48.2 Å². The molecule has 0 aromatic heterocycles. The van der Waals surface area contributed by atoms with E-state index in [1.54, 1.807) is 24.3 Å². The van der Waals surface area contributed by atoms with E-state index in [2.05, 4.69) is 24.1 Å². The fourth-order valence-electron chi connectivity index (χ4n) is 2.09. The number of benzene rings is 2. The average molecular weight is 367 g/mol. The maximum absolute atomic E-state index is 12.2. The number of sulfonamides is 1. The molecule has 1 atom stereocenters. The van der Waals surface area contributed by atoms with Gasteiger partial charge in [-0.1, -0.05) is 43.6 Å². The molecule has 0 bridgehead atoms. The summed E-state index contributed by atoms with van der Waals surface area (Å²) in [7, 11) is -3.84. The van der Waals surface area contributed by atoms with Crippen LogP contribution >= 0.6 is 11.6 Å². The minimum absolute atomic E-state index is 0.0842. The minimum atomic E-state index is -3.84. The first-order valence-electron chi connectivity index (χ1n) is 7.51. The first kappa shape index (κ1) is 18.4. The molecule has 0 fully saturated rings. The van der Waals surface area contributed by atoms with E-state index in [1.807, 2.05) is 0 Å². The molecule has 0 saturated carbocycles. The fourth-order valence-corrected chi connectivity index (χ4v) is 3.12. The van der Waals surface area contributed by atoms with E-state index in [9.17, 15) is 13.2 Å². The third kappa shape index (κ3) is 4.56. The van der Waals surface area contributed by atoms with Crippen molar-refractivity contribution < 1.29 is 13.2 Å². The van der Waals surface area contributed by atoms with E-state index in [0.717, 1.165) is 12.0 Å². The lowest BCUT2D eigenvalue weighted by atomic mass is 9.99. The van der Waals surface area contributed by atoms with Crippen molar-refractivity contribution in [3.8, 4) is 0 Å². The molecule has 128 valence electrons. The Morgan fingerprint density at radius 3 is 2.42 bits per heavy atom. The van der Waals surface area contributed by atoms with Crippen LogP contribution in [0.3, 0.4) is 0 Å². The molecule has 0 heterocycles. The first-order chi connectivity index (χ1) is 11.3.